The second kappa shape index (κ2) is 7.75. The first-order chi connectivity index (χ1) is 11.9. The summed E-state index contributed by atoms with van der Waals surface area (Å²) in [6.07, 6.45) is 4.18. The van der Waals surface area contributed by atoms with Gasteiger partial charge in [-0.3, -0.25) is 4.79 Å². The Morgan fingerprint density at radius 3 is 2.76 bits per heavy atom. The third kappa shape index (κ3) is 3.77. The molecule has 2 rings (SSSR count). The molecule has 5 nitrogen and oxygen atoms in total. The normalized spacial score (nSPS) is 13.7. The Bertz CT molecular complexity index is 831. The highest BCUT2D eigenvalue weighted by Gasteiger charge is 2.30. The van der Waals surface area contributed by atoms with Crippen LogP contribution in [0.4, 0.5) is 4.39 Å². The van der Waals surface area contributed by atoms with Gasteiger partial charge < -0.3 is 9.84 Å². The fourth-order valence-electron chi connectivity index (χ4n) is 2.93. The average Bonchev–Trinajstić information content (AvgIpc) is 2.96. The molecule has 0 saturated heterocycles. The Morgan fingerprint density at radius 2 is 2.16 bits per heavy atom. The molecule has 0 unspecified atom stereocenters. The molecule has 130 valence electrons. The number of benzene rings is 1. The van der Waals surface area contributed by atoms with E-state index in [1.165, 1.54) is 6.08 Å². The summed E-state index contributed by atoms with van der Waals surface area (Å²) in [7, 11) is 0. The van der Waals surface area contributed by atoms with Crippen LogP contribution in [0.5, 0.6) is 0 Å². The minimum atomic E-state index is -0.886. The Balaban J connectivity index is 2.52. The van der Waals surface area contributed by atoms with Gasteiger partial charge in [-0.2, -0.15) is 5.26 Å². The number of nitrogens with zero attached hydrogens (tertiary/aromatic N) is 1. The number of carboxylic acid groups (broad SMARTS) is 1. The molecule has 1 heterocycles. The minimum Gasteiger partial charge on any atom is -0.481 e. The average molecular weight is 343 g/mol. The van der Waals surface area contributed by atoms with Crippen molar-refractivity contribution in [1.82, 2.24) is 0 Å². The highest BCUT2D eigenvalue weighted by atomic mass is 19.1. The van der Waals surface area contributed by atoms with E-state index in [-0.39, 0.29) is 24.2 Å². The number of carbonyl (C=O) groups excluding carboxylic acids is 1. The second-order valence-electron chi connectivity index (χ2n) is 5.87. The van der Waals surface area contributed by atoms with Gasteiger partial charge in [0.1, 0.15) is 12.7 Å². The molecule has 0 saturated carbocycles. The first-order valence-corrected chi connectivity index (χ1v) is 7.80. The molecule has 1 aromatic rings. The number of allylic oxidation sites excluding steroid dienone is 2. The van der Waals surface area contributed by atoms with Crippen LogP contribution in [0.1, 0.15) is 57.9 Å². The van der Waals surface area contributed by atoms with Gasteiger partial charge in [-0.05, 0) is 49.5 Å². The summed E-state index contributed by atoms with van der Waals surface area (Å²) < 4.78 is 17.9. The molecule has 1 aromatic carbocycles. The molecule has 0 atom stereocenters. The van der Waals surface area contributed by atoms with Gasteiger partial charge in [0.05, 0.1) is 17.5 Å². The molecule has 1 aliphatic heterocycles. The van der Waals surface area contributed by atoms with Crippen molar-refractivity contribution in [2.75, 3.05) is 0 Å². The lowest BCUT2D eigenvalue weighted by atomic mass is 9.86. The zero-order valence-corrected chi connectivity index (χ0v) is 14.1. The molecule has 25 heavy (non-hydrogen) atoms. The Hall–Kier alpha value is -2.94. The van der Waals surface area contributed by atoms with Crippen LogP contribution < -0.4 is 0 Å². The lowest BCUT2D eigenvalue weighted by Crippen LogP contribution is -2.07. The molecule has 0 amide bonds. The van der Waals surface area contributed by atoms with Crippen LogP contribution in [-0.4, -0.2) is 17.0 Å². The third-order valence-corrected chi connectivity index (χ3v) is 4.32. The van der Waals surface area contributed by atoms with E-state index in [9.17, 15) is 19.2 Å². The van der Waals surface area contributed by atoms with Crippen molar-refractivity contribution in [2.45, 2.75) is 39.7 Å². The van der Waals surface area contributed by atoms with Crippen LogP contribution in [-0.2, 0) is 22.6 Å². The van der Waals surface area contributed by atoms with Gasteiger partial charge in [-0.1, -0.05) is 11.6 Å². The summed E-state index contributed by atoms with van der Waals surface area (Å²) in [5, 5.41) is 18.3. The van der Waals surface area contributed by atoms with Crippen molar-refractivity contribution in [3.8, 4) is 6.07 Å². The fraction of sp³-hybridized carbons (Fsp3) is 0.316. The Kier molecular flexibility index (Phi) is 5.71. The summed E-state index contributed by atoms with van der Waals surface area (Å²) in [4.78, 5) is 22.6. The molecule has 0 bridgehead atoms. The predicted octanol–water partition coefficient (Wildman–Crippen LogP) is 3.83. The number of carboxylic acids is 1. The molecule has 0 spiro atoms. The zero-order chi connectivity index (χ0) is 18.6. The maximum absolute atomic E-state index is 12.9. The lowest BCUT2D eigenvalue weighted by Gasteiger charge is -2.14. The molecule has 6 heteroatoms. The van der Waals surface area contributed by atoms with Crippen LogP contribution in [0.25, 0.3) is 6.08 Å². The molecule has 0 fully saturated rings. The highest BCUT2D eigenvalue weighted by Crippen LogP contribution is 2.34. The van der Waals surface area contributed by atoms with E-state index in [1.807, 2.05) is 6.07 Å². The SMILES string of the molecule is CC(=CCc1c(C#N)c2c(c(C)c1C=CF)COC2=O)CCC(=O)O. The molecule has 0 aromatic heterocycles. The molecule has 0 radical (unpaired) electrons. The first kappa shape index (κ1) is 18.4. The molecular weight excluding hydrogens is 325 g/mol. The number of aliphatic carboxylic acids is 1. The third-order valence-electron chi connectivity index (χ3n) is 4.32. The summed E-state index contributed by atoms with van der Waals surface area (Å²) in [5.41, 5.74) is 3.72. The van der Waals surface area contributed by atoms with E-state index in [0.717, 1.165) is 5.57 Å². The maximum atomic E-state index is 12.9. The van der Waals surface area contributed by atoms with Crippen LogP contribution in [0.2, 0.25) is 0 Å². The number of cyclic esters (lactones) is 1. The van der Waals surface area contributed by atoms with Gasteiger partial charge in [0.25, 0.3) is 0 Å². The summed E-state index contributed by atoms with van der Waals surface area (Å²) in [6.45, 7) is 3.64. The van der Waals surface area contributed by atoms with E-state index >= 15 is 0 Å². The van der Waals surface area contributed by atoms with E-state index in [0.29, 0.717) is 41.4 Å². The number of hydrogen-bond donors (Lipinski definition) is 1. The molecular formula is C19H18FNO4. The predicted molar refractivity (Wildman–Crippen MR) is 89.5 cm³/mol. The van der Waals surface area contributed by atoms with Crippen molar-refractivity contribution in [3.05, 3.63) is 51.4 Å². The quantitative estimate of drug-likeness (QED) is 0.626. The zero-order valence-electron chi connectivity index (χ0n) is 14.1. The van der Waals surface area contributed by atoms with Gasteiger partial charge in [0.2, 0.25) is 0 Å². The number of fused-ring (bicyclic) bond motifs is 1. The first-order valence-electron chi connectivity index (χ1n) is 7.80. The van der Waals surface area contributed by atoms with Crippen LogP contribution in [0, 0.1) is 18.3 Å². The van der Waals surface area contributed by atoms with Crippen molar-refractivity contribution in [1.29, 1.82) is 5.26 Å². The largest absolute Gasteiger partial charge is 0.481 e. The van der Waals surface area contributed by atoms with Crippen molar-refractivity contribution >= 4 is 18.0 Å². The van der Waals surface area contributed by atoms with Crippen LogP contribution in [0.15, 0.2) is 18.0 Å². The summed E-state index contributed by atoms with van der Waals surface area (Å²) >= 11 is 0. The van der Waals surface area contributed by atoms with E-state index in [4.69, 9.17) is 9.84 Å². The van der Waals surface area contributed by atoms with E-state index in [2.05, 4.69) is 0 Å². The molecule has 1 aliphatic rings. The van der Waals surface area contributed by atoms with Crippen molar-refractivity contribution in [3.63, 3.8) is 0 Å². The Morgan fingerprint density at radius 1 is 1.44 bits per heavy atom. The number of esters is 1. The van der Waals surface area contributed by atoms with Crippen LogP contribution >= 0.6 is 0 Å². The van der Waals surface area contributed by atoms with Crippen molar-refractivity contribution in [2.24, 2.45) is 0 Å². The van der Waals surface area contributed by atoms with Gasteiger partial charge in [-0.25, -0.2) is 9.18 Å². The topological polar surface area (TPSA) is 87.4 Å². The standard InChI is InChI=1S/C19H18FNO4/c1-11(4-6-17(22)23)3-5-14-13(7-8-20)12(2)16-10-25-19(24)18(16)15(14)9-21/h3,7-8H,4-6,10H2,1-2H3,(H,22,23). The lowest BCUT2D eigenvalue weighted by molar-refractivity contribution is -0.136. The summed E-state index contributed by atoms with van der Waals surface area (Å²) in [6, 6.07) is 2.05. The number of halogens is 1. The highest BCUT2D eigenvalue weighted by molar-refractivity contribution is 5.98. The second-order valence-corrected chi connectivity index (χ2v) is 5.87. The minimum absolute atomic E-state index is 0.0141. The number of nitriles is 1. The Labute approximate surface area is 145 Å². The number of carbonyl (C=O) groups is 2. The fourth-order valence-corrected chi connectivity index (χ4v) is 2.93. The number of hydrogen-bond acceptors (Lipinski definition) is 4. The van der Waals surface area contributed by atoms with E-state index < -0.39 is 11.9 Å². The van der Waals surface area contributed by atoms with Crippen molar-refractivity contribution < 1.29 is 23.8 Å². The van der Waals surface area contributed by atoms with Gasteiger partial charge in [0, 0.05) is 12.0 Å². The monoisotopic (exact) mass is 343 g/mol. The van der Waals surface area contributed by atoms with Gasteiger partial charge >= 0.3 is 11.9 Å². The number of rotatable bonds is 6. The summed E-state index contributed by atoms with van der Waals surface area (Å²) in [5.74, 6) is -1.43. The molecule has 0 aliphatic carbocycles. The van der Waals surface area contributed by atoms with Crippen LogP contribution in [0.3, 0.4) is 0 Å². The van der Waals surface area contributed by atoms with Gasteiger partial charge in [-0.15, -0.1) is 0 Å². The van der Waals surface area contributed by atoms with Gasteiger partial charge in [0.15, 0.2) is 0 Å². The smallest absolute Gasteiger partial charge is 0.340 e. The molecule has 1 N–H and O–H groups in total. The van der Waals surface area contributed by atoms with E-state index in [1.54, 1.807) is 19.9 Å². The number of ether oxygens (including phenoxy) is 1. The maximum Gasteiger partial charge on any atom is 0.340 e.